The van der Waals surface area contributed by atoms with E-state index in [1.54, 1.807) is 31.3 Å². The maximum absolute atomic E-state index is 13.5. The lowest BCUT2D eigenvalue weighted by atomic mass is 10.1. The first-order valence-corrected chi connectivity index (χ1v) is 4.49. The number of nitrogen functional groups attached to an aromatic ring is 1. The number of nitrogens with one attached hydrogen (secondary N) is 1. The van der Waals surface area contributed by atoms with E-state index in [0.29, 0.717) is 10.8 Å². The molecule has 0 unspecified atom stereocenters. The number of rotatable bonds is 1. The van der Waals surface area contributed by atoms with Crippen molar-refractivity contribution >= 4 is 22.1 Å². The third-order valence-corrected chi connectivity index (χ3v) is 2.39. The van der Waals surface area contributed by atoms with E-state index in [2.05, 4.69) is 5.32 Å². The minimum absolute atomic E-state index is 0.136. The highest BCUT2D eigenvalue weighted by molar-refractivity contribution is 6.01. The van der Waals surface area contributed by atoms with Gasteiger partial charge in [0.1, 0.15) is 0 Å². The molecule has 2 aromatic carbocycles. The van der Waals surface area contributed by atoms with Crippen molar-refractivity contribution in [2.75, 3.05) is 18.1 Å². The zero-order valence-corrected chi connectivity index (χ0v) is 8.14. The van der Waals surface area contributed by atoms with E-state index in [1.165, 1.54) is 0 Å². The lowest BCUT2D eigenvalue weighted by Crippen LogP contribution is -2.02. The van der Waals surface area contributed by atoms with E-state index in [-0.39, 0.29) is 11.4 Å². The molecule has 0 radical (unpaired) electrons. The molecule has 0 spiro atoms. The molecule has 4 heteroatoms. The molecule has 3 N–H and O–H groups in total. The summed E-state index contributed by atoms with van der Waals surface area (Å²) in [6.45, 7) is 0. The molecule has 0 saturated heterocycles. The van der Waals surface area contributed by atoms with Crippen LogP contribution in [0.15, 0.2) is 24.3 Å². The second-order valence-corrected chi connectivity index (χ2v) is 3.21. The zero-order valence-electron chi connectivity index (χ0n) is 8.14. The molecule has 0 heterocycles. The molecule has 0 aliphatic heterocycles. The van der Waals surface area contributed by atoms with Crippen LogP contribution in [0.4, 0.5) is 20.2 Å². The van der Waals surface area contributed by atoms with Crippen LogP contribution < -0.4 is 11.1 Å². The van der Waals surface area contributed by atoms with Crippen molar-refractivity contribution in [1.29, 1.82) is 0 Å². The van der Waals surface area contributed by atoms with Gasteiger partial charge in [0.15, 0.2) is 11.6 Å². The van der Waals surface area contributed by atoms with Crippen LogP contribution in [-0.4, -0.2) is 7.05 Å². The largest absolute Gasteiger partial charge is 0.396 e. The van der Waals surface area contributed by atoms with Crippen molar-refractivity contribution in [2.24, 2.45) is 0 Å². The molecular formula is C11H10F2N2. The Balaban J connectivity index is 2.98. The van der Waals surface area contributed by atoms with Crippen LogP contribution in [0.1, 0.15) is 0 Å². The number of anilines is 2. The quantitative estimate of drug-likeness (QED) is 0.707. The number of hydrogen-bond acceptors (Lipinski definition) is 2. The number of benzene rings is 2. The fraction of sp³-hybridized carbons (Fsp3) is 0.0909. The molecule has 0 aliphatic rings. The molecule has 15 heavy (non-hydrogen) atoms. The fourth-order valence-corrected chi connectivity index (χ4v) is 1.64. The molecule has 2 nitrogen and oxygen atoms in total. The van der Waals surface area contributed by atoms with Gasteiger partial charge in [0.05, 0.1) is 11.4 Å². The molecular weight excluding hydrogens is 198 g/mol. The first-order chi connectivity index (χ1) is 7.16. The van der Waals surface area contributed by atoms with Crippen molar-refractivity contribution in [1.82, 2.24) is 0 Å². The Morgan fingerprint density at radius 1 is 1.07 bits per heavy atom. The van der Waals surface area contributed by atoms with Crippen LogP contribution in [0.25, 0.3) is 10.8 Å². The Bertz CT molecular complexity index is 523. The third kappa shape index (κ3) is 1.29. The van der Waals surface area contributed by atoms with Crippen LogP contribution in [0.3, 0.4) is 0 Å². The monoisotopic (exact) mass is 208 g/mol. The highest BCUT2D eigenvalue weighted by Crippen LogP contribution is 2.33. The van der Waals surface area contributed by atoms with E-state index in [9.17, 15) is 8.78 Å². The smallest absolute Gasteiger partial charge is 0.184 e. The normalized spacial score (nSPS) is 10.6. The van der Waals surface area contributed by atoms with Crippen molar-refractivity contribution in [3.05, 3.63) is 35.9 Å². The van der Waals surface area contributed by atoms with E-state index < -0.39 is 11.6 Å². The van der Waals surface area contributed by atoms with Gasteiger partial charge >= 0.3 is 0 Å². The lowest BCUT2D eigenvalue weighted by Gasteiger charge is -2.10. The Hall–Kier alpha value is -1.84. The van der Waals surface area contributed by atoms with Crippen LogP contribution in [0.5, 0.6) is 0 Å². The average Bonchev–Trinajstić information content (AvgIpc) is 2.27. The summed E-state index contributed by atoms with van der Waals surface area (Å²) >= 11 is 0. The third-order valence-electron chi connectivity index (χ3n) is 2.39. The predicted octanol–water partition coefficient (Wildman–Crippen LogP) is 2.74. The number of fused-ring (bicyclic) bond motifs is 1. The van der Waals surface area contributed by atoms with Gasteiger partial charge in [-0.15, -0.1) is 0 Å². The van der Waals surface area contributed by atoms with Gasteiger partial charge in [-0.25, -0.2) is 8.78 Å². The summed E-state index contributed by atoms with van der Waals surface area (Å²) in [5.74, 6) is -1.94. The predicted molar refractivity (Wildman–Crippen MR) is 57.8 cm³/mol. The summed E-state index contributed by atoms with van der Waals surface area (Å²) in [5, 5.41) is 3.73. The Morgan fingerprint density at radius 3 is 2.27 bits per heavy atom. The molecule has 0 aromatic heterocycles. The van der Waals surface area contributed by atoms with Gasteiger partial charge in [-0.2, -0.15) is 0 Å². The van der Waals surface area contributed by atoms with Crippen molar-refractivity contribution in [2.45, 2.75) is 0 Å². The summed E-state index contributed by atoms with van der Waals surface area (Å²) < 4.78 is 26.8. The number of nitrogens with two attached hydrogens (primary N) is 1. The van der Waals surface area contributed by atoms with Crippen LogP contribution >= 0.6 is 0 Å². The summed E-state index contributed by atoms with van der Waals surface area (Å²) in [5.41, 5.74) is 5.49. The number of halogens is 2. The van der Waals surface area contributed by atoms with Crippen LogP contribution in [0, 0.1) is 11.6 Å². The molecule has 2 rings (SSSR count). The maximum atomic E-state index is 13.5. The minimum Gasteiger partial charge on any atom is -0.396 e. The van der Waals surface area contributed by atoms with Gasteiger partial charge < -0.3 is 11.1 Å². The van der Waals surface area contributed by atoms with E-state index in [0.717, 1.165) is 0 Å². The van der Waals surface area contributed by atoms with Gasteiger partial charge in [-0.1, -0.05) is 24.3 Å². The summed E-state index contributed by atoms with van der Waals surface area (Å²) in [4.78, 5) is 0. The van der Waals surface area contributed by atoms with Gasteiger partial charge in [-0.3, -0.25) is 0 Å². The van der Waals surface area contributed by atoms with Crippen molar-refractivity contribution < 1.29 is 8.78 Å². The van der Waals surface area contributed by atoms with Crippen LogP contribution in [0.2, 0.25) is 0 Å². The van der Waals surface area contributed by atoms with Crippen molar-refractivity contribution in [3.63, 3.8) is 0 Å². The second kappa shape index (κ2) is 3.38. The highest BCUT2D eigenvalue weighted by Gasteiger charge is 2.16. The van der Waals surface area contributed by atoms with Gasteiger partial charge in [0.25, 0.3) is 0 Å². The summed E-state index contributed by atoms with van der Waals surface area (Å²) in [6, 6.07) is 6.84. The van der Waals surface area contributed by atoms with E-state index >= 15 is 0 Å². The second-order valence-electron chi connectivity index (χ2n) is 3.21. The van der Waals surface area contributed by atoms with Gasteiger partial charge in [-0.05, 0) is 0 Å². The molecule has 78 valence electrons. The van der Waals surface area contributed by atoms with Crippen LogP contribution in [-0.2, 0) is 0 Å². The molecule has 0 aliphatic carbocycles. The maximum Gasteiger partial charge on any atom is 0.184 e. The Labute approximate surface area is 85.7 Å². The number of hydrogen-bond donors (Lipinski definition) is 2. The molecule has 0 amide bonds. The Kier molecular flexibility index (Phi) is 2.19. The highest BCUT2D eigenvalue weighted by atomic mass is 19.2. The summed E-state index contributed by atoms with van der Waals surface area (Å²) in [6.07, 6.45) is 0. The average molecular weight is 208 g/mol. The topological polar surface area (TPSA) is 38.0 Å². The first kappa shape index (κ1) is 9.71. The van der Waals surface area contributed by atoms with E-state index in [4.69, 9.17) is 5.73 Å². The summed E-state index contributed by atoms with van der Waals surface area (Å²) in [7, 11) is 1.54. The fourth-order valence-electron chi connectivity index (χ4n) is 1.64. The SMILES string of the molecule is CNc1c(F)c(F)c(N)c2ccccc12. The molecule has 2 aromatic rings. The standard InChI is InChI=1S/C11H10F2N2/c1-15-11-7-5-3-2-4-6(7)10(14)8(12)9(11)13/h2-5,15H,14H2,1H3. The van der Waals surface area contributed by atoms with Gasteiger partial charge in [0, 0.05) is 17.8 Å². The first-order valence-electron chi connectivity index (χ1n) is 4.49. The molecule has 0 bridgehead atoms. The molecule has 0 saturated carbocycles. The lowest BCUT2D eigenvalue weighted by molar-refractivity contribution is 0.517. The molecule has 0 fully saturated rings. The Morgan fingerprint density at radius 2 is 1.67 bits per heavy atom. The van der Waals surface area contributed by atoms with Crippen molar-refractivity contribution in [3.8, 4) is 0 Å². The van der Waals surface area contributed by atoms with Gasteiger partial charge in [0.2, 0.25) is 0 Å². The molecule has 0 atom stereocenters. The zero-order chi connectivity index (χ0) is 11.0. The minimum atomic E-state index is -1.00. The van der Waals surface area contributed by atoms with E-state index in [1.807, 2.05) is 0 Å².